The van der Waals surface area contributed by atoms with Crippen molar-refractivity contribution in [2.24, 2.45) is 4.99 Å². The summed E-state index contributed by atoms with van der Waals surface area (Å²) in [5, 5.41) is 10.9. The van der Waals surface area contributed by atoms with Gasteiger partial charge in [0.15, 0.2) is 0 Å². The number of hydrogen-bond donors (Lipinski definition) is 0. The van der Waals surface area contributed by atoms with Crippen molar-refractivity contribution in [3.8, 4) is 0 Å². The van der Waals surface area contributed by atoms with Gasteiger partial charge in [0.05, 0.1) is 0 Å². The fraction of sp³-hybridized carbons (Fsp3) is 0.0952. The first-order chi connectivity index (χ1) is 12.7. The number of nitro groups is 1. The molecule has 1 aliphatic heterocycles. The van der Waals surface area contributed by atoms with Crippen LogP contribution in [0.5, 0.6) is 0 Å². The normalized spacial score (nSPS) is 19.2. The molecule has 0 bridgehead atoms. The van der Waals surface area contributed by atoms with Crippen LogP contribution in [0.4, 0.5) is 5.69 Å². The van der Waals surface area contributed by atoms with Crippen LogP contribution in [0, 0.1) is 10.1 Å². The molecular formula is C21H16N2O2Se. The summed E-state index contributed by atoms with van der Waals surface area (Å²) in [6.07, 6.45) is 0. The zero-order valence-electron chi connectivity index (χ0n) is 13.9. The van der Waals surface area contributed by atoms with Crippen LogP contribution >= 0.6 is 0 Å². The van der Waals surface area contributed by atoms with Crippen molar-refractivity contribution in [1.82, 2.24) is 0 Å². The average molecular weight is 407 g/mol. The maximum absolute atomic E-state index is 10.9. The van der Waals surface area contributed by atoms with E-state index >= 15 is 0 Å². The average Bonchev–Trinajstić information content (AvgIpc) is 3.15. The van der Waals surface area contributed by atoms with E-state index in [1.165, 1.54) is 5.56 Å². The second-order valence-corrected chi connectivity index (χ2v) is 8.41. The molecule has 0 amide bonds. The summed E-state index contributed by atoms with van der Waals surface area (Å²) in [4.78, 5) is 15.9. The fourth-order valence-corrected chi connectivity index (χ4v) is 5.85. The van der Waals surface area contributed by atoms with Gasteiger partial charge in [0.25, 0.3) is 0 Å². The van der Waals surface area contributed by atoms with Gasteiger partial charge in [-0.25, -0.2) is 0 Å². The van der Waals surface area contributed by atoms with Crippen LogP contribution in [0.3, 0.4) is 0 Å². The predicted octanol–water partition coefficient (Wildman–Crippen LogP) is 4.54. The Kier molecular flexibility index (Phi) is 4.65. The number of nitro benzene ring substituents is 1. The van der Waals surface area contributed by atoms with E-state index in [9.17, 15) is 10.1 Å². The summed E-state index contributed by atoms with van der Waals surface area (Å²) in [5.41, 5.74) is 3.57. The molecule has 0 N–H and O–H groups in total. The number of benzene rings is 3. The molecule has 0 aliphatic carbocycles. The number of rotatable bonds is 4. The van der Waals surface area contributed by atoms with E-state index in [1.54, 1.807) is 12.1 Å². The van der Waals surface area contributed by atoms with Crippen LogP contribution < -0.4 is 0 Å². The van der Waals surface area contributed by atoms with E-state index in [2.05, 4.69) is 36.4 Å². The van der Waals surface area contributed by atoms with E-state index in [0.717, 1.165) is 15.7 Å². The standard InChI is InChI=1S/C21H16N2O2Se/c24-23(25)18-13-11-15(12-14-18)19-20(16-7-3-1-4-8-16)26-21(22-19)17-9-5-2-6-10-17/h1-14,19-20H. The number of nitrogens with zero attached hydrogens (tertiary/aromatic N) is 2. The second kappa shape index (κ2) is 7.24. The molecule has 3 aromatic rings. The third-order valence-electron chi connectivity index (χ3n) is 4.38. The summed E-state index contributed by atoms with van der Waals surface area (Å²) in [6, 6.07) is 27.5. The molecule has 0 spiro atoms. The minimum absolute atomic E-state index is 0.00610. The van der Waals surface area contributed by atoms with Crippen molar-refractivity contribution >= 4 is 25.3 Å². The molecule has 1 aliphatic rings. The molecule has 128 valence electrons. The van der Waals surface area contributed by atoms with Crippen LogP contribution in [0.25, 0.3) is 0 Å². The minimum atomic E-state index is -0.365. The Bertz CT molecular complexity index is 941. The molecule has 26 heavy (non-hydrogen) atoms. The Morgan fingerprint density at radius 1 is 0.808 bits per heavy atom. The van der Waals surface area contributed by atoms with Crippen molar-refractivity contribution in [3.63, 3.8) is 0 Å². The molecule has 3 aromatic carbocycles. The van der Waals surface area contributed by atoms with Gasteiger partial charge >= 0.3 is 158 Å². The Labute approximate surface area is 157 Å². The molecule has 5 heteroatoms. The van der Waals surface area contributed by atoms with E-state index in [1.807, 2.05) is 36.4 Å². The summed E-state index contributed by atoms with van der Waals surface area (Å²) in [5.74, 6) is 0. The van der Waals surface area contributed by atoms with Gasteiger partial charge in [-0.3, -0.25) is 0 Å². The third kappa shape index (κ3) is 3.32. The van der Waals surface area contributed by atoms with Crippen LogP contribution in [0.1, 0.15) is 27.5 Å². The van der Waals surface area contributed by atoms with Crippen molar-refractivity contribution in [1.29, 1.82) is 0 Å². The first kappa shape index (κ1) is 16.7. The van der Waals surface area contributed by atoms with E-state index in [4.69, 9.17) is 4.99 Å². The van der Waals surface area contributed by atoms with E-state index in [-0.39, 0.29) is 31.6 Å². The van der Waals surface area contributed by atoms with Gasteiger partial charge in [0.1, 0.15) is 0 Å². The first-order valence-electron chi connectivity index (χ1n) is 8.31. The molecule has 0 radical (unpaired) electrons. The Morgan fingerprint density at radius 2 is 1.42 bits per heavy atom. The van der Waals surface area contributed by atoms with Gasteiger partial charge in [0, 0.05) is 0 Å². The van der Waals surface area contributed by atoms with Crippen molar-refractivity contribution in [2.75, 3.05) is 0 Å². The second-order valence-electron chi connectivity index (χ2n) is 6.04. The van der Waals surface area contributed by atoms with Gasteiger partial charge < -0.3 is 0 Å². The number of aliphatic imine (C=N–C) groups is 1. The van der Waals surface area contributed by atoms with Crippen molar-refractivity contribution < 1.29 is 4.92 Å². The van der Waals surface area contributed by atoms with Gasteiger partial charge in [-0.2, -0.15) is 0 Å². The van der Waals surface area contributed by atoms with Gasteiger partial charge in [-0.05, 0) is 0 Å². The monoisotopic (exact) mass is 408 g/mol. The molecule has 2 atom stereocenters. The van der Waals surface area contributed by atoms with Gasteiger partial charge in [-0.1, -0.05) is 0 Å². The molecule has 0 aromatic heterocycles. The summed E-state index contributed by atoms with van der Waals surface area (Å²) in [6.45, 7) is 0. The Hall–Kier alpha value is -2.75. The zero-order chi connectivity index (χ0) is 17.9. The Balaban J connectivity index is 1.73. The number of non-ortho nitro benzene ring substituents is 1. The maximum atomic E-state index is 10.9. The third-order valence-corrected chi connectivity index (χ3v) is 7.20. The summed E-state index contributed by atoms with van der Waals surface area (Å²) in [7, 11) is 0. The Morgan fingerprint density at radius 3 is 2.04 bits per heavy atom. The van der Waals surface area contributed by atoms with E-state index in [0.29, 0.717) is 4.82 Å². The molecule has 0 saturated carbocycles. The van der Waals surface area contributed by atoms with Gasteiger partial charge in [0.2, 0.25) is 0 Å². The molecular weight excluding hydrogens is 391 g/mol. The van der Waals surface area contributed by atoms with Crippen molar-refractivity contribution in [3.05, 3.63) is 112 Å². The molecule has 4 nitrogen and oxygen atoms in total. The van der Waals surface area contributed by atoms with Crippen LogP contribution in [0.15, 0.2) is 89.9 Å². The molecule has 4 rings (SSSR count). The SMILES string of the molecule is O=[N+]([O-])c1ccc(C2N=C(c3ccccc3)[Se]C2c2ccccc2)cc1. The molecule has 2 unspecified atom stereocenters. The topological polar surface area (TPSA) is 55.5 Å². The van der Waals surface area contributed by atoms with Crippen LogP contribution in [-0.4, -0.2) is 24.5 Å². The van der Waals surface area contributed by atoms with Crippen molar-refractivity contribution in [2.45, 2.75) is 10.9 Å². The van der Waals surface area contributed by atoms with E-state index < -0.39 is 0 Å². The fourth-order valence-electron chi connectivity index (χ4n) is 3.07. The number of hydrogen-bond acceptors (Lipinski definition) is 3. The van der Waals surface area contributed by atoms with Crippen LogP contribution in [0.2, 0.25) is 0 Å². The zero-order valence-corrected chi connectivity index (χ0v) is 15.6. The summed E-state index contributed by atoms with van der Waals surface area (Å²) >= 11 is 0.190. The van der Waals surface area contributed by atoms with Gasteiger partial charge in [-0.15, -0.1) is 0 Å². The first-order valence-corrected chi connectivity index (χ1v) is 10.2. The quantitative estimate of drug-likeness (QED) is 0.362. The summed E-state index contributed by atoms with van der Waals surface area (Å²) < 4.78 is 1.15. The predicted molar refractivity (Wildman–Crippen MR) is 104 cm³/mol. The van der Waals surface area contributed by atoms with Crippen LogP contribution in [-0.2, 0) is 0 Å². The molecule has 0 saturated heterocycles. The molecule has 1 heterocycles. The molecule has 0 fully saturated rings.